The molecule has 2 aromatic rings. The minimum atomic E-state index is 0.130. The Morgan fingerprint density at radius 1 is 1.25 bits per heavy atom. The quantitative estimate of drug-likeness (QED) is 0.890. The fourth-order valence-corrected chi connectivity index (χ4v) is 1.65. The first-order valence-electron chi connectivity index (χ1n) is 5.79. The third kappa shape index (κ3) is 3.18. The molecule has 8 heteroatoms. The highest BCUT2D eigenvalue weighted by atomic mass is 35.5. The first-order chi connectivity index (χ1) is 9.49. The van der Waals surface area contributed by atoms with Gasteiger partial charge in [0, 0.05) is 20.2 Å². The number of nitrogens with two attached hydrogens (primary N) is 1. The van der Waals surface area contributed by atoms with Crippen LogP contribution < -0.4 is 20.7 Å². The van der Waals surface area contributed by atoms with Crippen LogP contribution in [0, 0.1) is 0 Å². The van der Waals surface area contributed by atoms with Gasteiger partial charge in [0.2, 0.25) is 17.8 Å². The minimum Gasteiger partial charge on any atom is -0.497 e. The van der Waals surface area contributed by atoms with Gasteiger partial charge >= 0.3 is 0 Å². The van der Waals surface area contributed by atoms with Gasteiger partial charge in [0.15, 0.2) is 0 Å². The summed E-state index contributed by atoms with van der Waals surface area (Å²) in [6.07, 6.45) is 0. The number of halogens is 1. The molecule has 0 unspecified atom stereocenters. The number of rotatable bonds is 4. The lowest BCUT2D eigenvalue weighted by atomic mass is 10.3. The van der Waals surface area contributed by atoms with Crippen molar-refractivity contribution in [3.8, 4) is 5.75 Å². The molecule has 0 amide bonds. The summed E-state index contributed by atoms with van der Waals surface area (Å²) >= 11 is 6.11. The van der Waals surface area contributed by atoms with Crippen molar-refractivity contribution in [2.24, 2.45) is 0 Å². The minimum absolute atomic E-state index is 0.130. The van der Waals surface area contributed by atoms with Crippen LogP contribution >= 0.6 is 11.6 Å². The summed E-state index contributed by atoms with van der Waals surface area (Å²) in [6, 6.07) is 5.23. The maximum atomic E-state index is 6.11. The second kappa shape index (κ2) is 5.79. The first kappa shape index (κ1) is 14.1. The standard InChI is InChI=1S/C12H15ClN6O/c1-19(2)12-17-10(14)16-11(18-12)15-9-6-7(20-3)4-5-8(9)13/h4-6H,1-3H3,(H3,14,15,16,17,18). The van der Waals surface area contributed by atoms with Gasteiger partial charge in [0.1, 0.15) is 5.75 Å². The topological polar surface area (TPSA) is 89.2 Å². The molecule has 0 atom stereocenters. The number of hydrogen-bond acceptors (Lipinski definition) is 7. The van der Waals surface area contributed by atoms with E-state index in [2.05, 4.69) is 20.3 Å². The molecule has 0 radical (unpaired) electrons. The zero-order valence-corrected chi connectivity index (χ0v) is 12.1. The maximum Gasteiger partial charge on any atom is 0.233 e. The number of nitrogens with zero attached hydrogens (tertiary/aromatic N) is 4. The summed E-state index contributed by atoms with van der Waals surface area (Å²) in [6.45, 7) is 0. The number of methoxy groups -OCH3 is 1. The van der Waals surface area contributed by atoms with Gasteiger partial charge < -0.3 is 20.7 Å². The van der Waals surface area contributed by atoms with Crippen molar-refractivity contribution >= 4 is 35.1 Å². The predicted octanol–water partition coefficient (Wildman–Crippen LogP) is 1.93. The molecule has 0 aliphatic heterocycles. The molecule has 1 heterocycles. The van der Waals surface area contributed by atoms with E-state index in [0.717, 1.165) is 0 Å². The van der Waals surface area contributed by atoms with Gasteiger partial charge in [-0.05, 0) is 12.1 Å². The molecule has 0 saturated heterocycles. The Kier molecular flexibility index (Phi) is 4.09. The molecule has 0 spiro atoms. The van der Waals surface area contributed by atoms with E-state index in [1.54, 1.807) is 30.2 Å². The number of nitrogen functional groups attached to an aromatic ring is 1. The summed E-state index contributed by atoms with van der Waals surface area (Å²) in [5.41, 5.74) is 6.28. The number of nitrogens with one attached hydrogen (secondary N) is 1. The molecule has 0 bridgehead atoms. The Labute approximate surface area is 121 Å². The smallest absolute Gasteiger partial charge is 0.233 e. The number of benzene rings is 1. The lowest BCUT2D eigenvalue weighted by molar-refractivity contribution is 0.415. The monoisotopic (exact) mass is 294 g/mol. The largest absolute Gasteiger partial charge is 0.497 e. The van der Waals surface area contributed by atoms with Crippen LogP contribution in [-0.2, 0) is 0 Å². The average molecular weight is 295 g/mol. The lowest BCUT2D eigenvalue weighted by Gasteiger charge is -2.13. The van der Waals surface area contributed by atoms with Crippen LogP contribution in [0.25, 0.3) is 0 Å². The van der Waals surface area contributed by atoms with Crippen LogP contribution in [-0.4, -0.2) is 36.2 Å². The molecule has 1 aromatic heterocycles. The van der Waals surface area contributed by atoms with Crippen molar-refractivity contribution in [2.75, 3.05) is 37.2 Å². The van der Waals surface area contributed by atoms with Crippen molar-refractivity contribution in [3.63, 3.8) is 0 Å². The van der Waals surface area contributed by atoms with E-state index in [9.17, 15) is 0 Å². The van der Waals surface area contributed by atoms with Crippen LogP contribution in [0.1, 0.15) is 0 Å². The Balaban J connectivity index is 2.34. The molecule has 1 aromatic carbocycles. The molecule has 7 nitrogen and oxygen atoms in total. The van der Waals surface area contributed by atoms with E-state index in [1.165, 1.54) is 0 Å². The second-order valence-electron chi connectivity index (χ2n) is 4.18. The van der Waals surface area contributed by atoms with Crippen LogP contribution in [0.4, 0.5) is 23.5 Å². The van der Waals surface area contributed by atoms with E-state index in [4.69, 9.17) is 22.1 Å². The van der Waals surface area contributed by atoms with E-state index in [1.807, 2.05) is 14.1 Å². The zero-order valence-electron chi connectivity index (χ0n) is 11.4. The molecule has 0 saturated carbocycles. The molecule has 0 fully saturated rings. The van der Waals surface area contributed by atoms with E-state index in [0.29, 0.717) is 28.4 Å². The predicted molar refractivity (Wildman–Crippen MR) is 79.9 cm³/mol. The van der Waals surface area contributed by atoms with E-state index < -0.39 is 0 Å². The fourth-order valence-electron chi connectivity index (χ4n) is 1.48. The summed E-state index contributed by atoms with van der Waals surface area (Å²) in [7, 11) is 5.21. The third-order valence-electron chi connectivity index (χ3n) is 2.46. The maximum absolute atomic E-state index is 6.11. The average Bonchev–Trinajstić information content (AvgIpc) is 2.40. The van der Waals surface area contributed by atoms with Gasteiger partial charge in [-0.15, -0.1) is 0 Å². The highest BCUT2D eigenvalue weighted by molar-refractivity contribution is 6.33. The first-order valence-corrected chi connectivity index (χ1v) is 6.17. The van der Waals surface area contributed by atoms with E-state index in [-0.39, 0.29) is 5.95 Å². The summed E-state index contributed by atoms with van der Waals surface area (Å²) < 4.78 is 5.15. The lowest BCUT2D eigenvalue weighted by Crippen LogP contribution is -2.15. The third-order valence-corrected chi connectivity index (χ3v) is 2.79. The van der Waals surface area contributed by atoms with Gasteiger partial charge in [-0.3, -0.25) is 0 Å². The molecule has 2 rings (SSSR count). The number of aromatic nitrogens is 3. The Morgan fingerprint density at radius 2 is 2.00 bits per heavy atom. The van der Waals surface area contributed by atoms with Crippen molar-refractivity contribution in [3.05, 3.63) is 23.2 Å². The van der Waals surface area contributed by atoms with Gasteiger partial charge in [-0.2, -0.15) is 15.0 Å². The Hall–Kier alpha value is -2.28. The highest BCUT2D eigenvalue weighted by Crippen LogP contribution is 2.28. The van der Waals surface area contributed by atoms with Crippen molar-refractivity contribution in [1.82, 2.24) is 15.0 Å². The molecule has 0 aliphatic carbocycles. The zero-order chi connectivity index (χ0) is 14.7. The van der Waals surface area contributed by atoms with Crippen LogP contribution in [0.2, 0.25) is 5.02 Å². The van der Waals surface area contributed by atoms with Crippen LogP contribution in [0.15, 0.2) is 18.2 Å². The normalized spacial score (nSPS) is 10.2. The van der Waals surface area contributed by atoms with Crippen molar-refractivity contribution in [2.45, 2.75) is 0 Å². The molecule has 0 aliphatic rings. The van der Waals surface area contributed by atoms with E-state index >= 15 is 0 Å². The van der Waals surface area contributed by atoms with Crippen molar-refractivity contribution in [1.29, 1.82) is 0 Å². The molecule has 3 N–H and O–H groups in total. The van der Waals surface area contributed by atoms with Crippen LogP contribution in [0.3, 0.4) is 0 Å². The second-order valence-corrected chi connectivity index (χ2v) is 4.59. The van der Waals surface area contributed by atoms with Crippen LogP contribution in [0.5, 0.6) is 5.75 Å². The molecule has 106 valence electrons. The highest BCUT2D eigenvalue weighted by Gasteiger charge is 2.09. The summed E-state index contributed by atoms with van der Waals surface area (Å²) in [4.78, 5) is 14.0. The number of anilines is 4. The van der Waals surface area contributed by atoms with Gasteiger partial charge in [-0.1, -0.05) is 11.6 Å². The SMILES string of the molecule is COc1ccc(Cl)c(Nc2nc(N)nc(N(C)C)n2)c1. The number of ether oxygens (including phenoxy) is 1. The summed E-state index contributed by atoms with van der Waals surface area (Å²) in [5.74, 6) is 1.58. The Morgan fingerprint density at radius 3 is 2.65 bits per heavy atom. The summed E-state index contributed by atoms with van der Waals surface area (Å²) in [5, 5.41) is 3.53. The molecular formula is C12H15ClN6O. The van der Waals surface area contributed by atoms with Gasteiger partial charge in [0.25, 0.3) is 0 Å². The Bertz CT molecular complexity index is 619. The fraction of sp³-hybridized carbons (Fsp3) is 0.250. The van der Waals surface area contributed by atoms with Gasteiger partial charge in [-0.25, -0.2) is 0 Å². The number of hydrogen-bond donors (Lipinski definition) is 2. The van der Waals surface area contributed by atoms with Crippen molar-refractivity contribution < 1.29 is 4.74 Å². The van der Waals surface area contributed by atoms with Gasteiger partial charge in [0.05, 0.1) is 17.8 Å². The molecule has 20 heavy (non-hydrogen) atoms. The molecular weight excluding hydrogens is 280 g/mol.